The lowest BCUT2D eigenvalue weighted by molar-refractivity contribution is -0.113. The van der Waals surface area contributed by atoms with E-state index in [1.807, 2.05) is 31.2 Å². The summed E-state index contributed by atoms with van der Waals surface area (Å²) < 4.78 is 10.6. The van der Waals surface area contributed by atoms with Gasteiger partial charge >= 0.3 is 0 Å². The maximum atomic E-state index is 12.3. The summed E-state index contributed by atoms with van der Waals surface area (Å²) in [4.78, 5) is 25.1. The van der Waals surface area contributed by atoms with Crippen LogP contribution in [0.3, 0.4) is 0 Å². The number of fused-ring (bicyclic) bond motifs is 1. The number of benzene rings is 2. The monoisotopic (exact) mass is 343 g/mol. The second kappa shape index (κ2) is 6.97. The van der Waals surface area contributed by atoms with E-state index in [0.29, 0.717) is 22.7 Å². The second-order valence-electron chi connectivity index (χ2n) is 5.41. The van der Waals surface area contributed by atoms with Crippen molar-refractivity contribution in [2.45, 2.75) is 18.7 Å². The first-order valence-electron chi connectivity index (χ1n) is 7.47. The molecule has 3 rings (SSSR count). The molecular formula is C18H17NO4S. The molecule has 1 N–H and O–H groups in total. The molecule has 0 atom stereocenters. The van der Waals surface area contributed by atoms with Crippen molar-refractivity contribution in [1.29, 1.82) is 0 Å². The van der Waals surface area contributed by atoms with Crippen LogP contribution in [-0.4, -0.2) is 24.2 Å². The average Bonchev–Trinajstić information content (AvgIpc) is 3.00. The van der Waals surface area contributed by atoms with Gasteiger partial charge in [-0.1, -0.05) is 18.2 Å². The highest BCUT2D eigenvalue weighted by molar-refractivity contribution is 8.00. The van der Waals surface area contributed by atoms with Crippen LogP contribution in [0.2, 0.25) is 0 Å². The fraction of sp³-hybridized carbons (Fsp3) is 0.222. The van der Waals surface area contributed by atoms with Crippen molar-refractivity contribution >= 4 is 29.1 Å². The number of thioether (sulfide) groups is 1. The minimum Gasteiger partial charge on any atom is -0.454 e. The van der Waals surface area contributed by atoms with Crippen LogP contribution in [0.25, 0.3) is 0 Å². The maximum Gasteiger partial charge on any atom is 0.234 e. The molecule has 1 aliphatic rings. The van der Waals surface area contributed by atoms with E-state index in [9.17, 15) is 9.59 Å². The third kappa shape index (κ3) is 3.54. The van der Waals surface area contributed by atoms with Crippen LogP contribution in [0.15, 0.2) is 41.3 Å². The van der Waals surface area contributed by atoms with E-state index in [-0.39, 0.29) is 24.2 Å². The molecule has 1 amide bonds. The number of hydrogen-bond donors (Lipinski definition) is 1. The fourth-order valence-corrected chi connectivity index (χ4v) is 3.21. The van der Waals surface area contributed by atoms with Crippen LogP contribution in [0.4, 0.5) is 5.69 Å². The first-order chi connectivity index (χ1) is 11.5. The highest BCUT2D eigenvalue weighted by atomic mass is 32.2. The second-order valence-corrected chi connectivity index (χ2v) is 6.43. The van der Waals surface area contributed by atoms with Crippen molar-refractivity contribution in [3.63, 3.8) is 0 Å². The smallest absolute Gasteiger partial charge is 0.234 e. The van der Waals surface area contributed by atoms with Crippen molar-refractivity contribution in [2.75, 3.05) is 17.9 Å². The highest BCUT2D eigenvalue weighted by Gasteiger charge is 2.20. The standard InChI is InChI=1S/C18H17NO4S/c1-11-5-3-4-6-17(11)24-9-18(21)19-14-8-16-15(22-10-23-16)7-13(14)12(2)20/h3-8H,9-10H2,1-2H3,(H,19,21). The van der Waals surface area contributed by atoms with Gasteiger partial charge in [-0.15, -0.1) is 11.8 Å². The predicted molar refractivity (Wildman–Crippen MR) is 93.1 cm³/mol. The molecule has 0 bridgehead atoms. The van der Waals surface area contributed by atoms with Gasteiger partial charge in [-0.05, 0) is 31.5 Å². The number of ketones is 1. The summed E-state index contributed by atoms with van der Waals surface area (Å²) in [6.45, 7) is 3.58. The van der Waals surface area contributed by atoms with E-state index >= 15 is 0 Å². The van der Waals surface area contributed by atoms with Gasteiger partial charge in [-0.2, -0.15) is 0 Å². The molecule has 0 aromatic heterocycles. The molecule has 0 aliphatic carbocycles. The Labute approximate surface area is 144 Å². The third-order valence-electron chi connectivity index (χ3n) is 3.62. The summed E-state index contributed by atoms with van der Waals surface area (Å²) in [7, 11) is 0. The van der Waals surface area contributed by atoms with E-state index in [2.05, 4.69) is 5.32 Å². The number of anilines is 1. The Hall–Kier alpha value is -2.47. The Bertz CT molecular complexity index is 804. The number of rotatable bonds is 5. The summed E-state index contributed by atoms with van der Waals surface area (Å²) in [5.74, 6) is 0.991. The van der Waals surface area contributed by atoms with Gasteiger partial charge in [0.25, 0.3) is 0 Å². The van der Waals surface area contributed by atoms with Gasteiger partial charge in [0, 0.05) is 16.5 Å². The van der Waals surface area contributed by atoms with Crippen molar-refractivity contribution in [3.8, 4) is 11.5 Å². The Balaban J connectivity index is 1.72. The number of nitrogens with one attached hydrogen (secondary N) is 1. The predicted octanol–water partition coefficient (Wildman–Crippen LogP) is 3.66. The zero-order chi connectivity index (χ0) is 17.1. The lowest BCUT2D eigenvalue weighted by Crippen LogP contribution is -2.16. The molecule has 0 fully saturated rings. The number of Topliss-reactive ketones (excluding diaryl/α,β-unsaturated/α-hetero) is 1. The first-order valence-corrected chi connectivity index (χ1v) is 8.46. The number of hydrogen-bond acceptors (Lipinski definition) is 5. The molecule has 0 saturated heterocycles. The van der Waals surface area contributed by atoms with E-state index in [1.165, 1.54) is 18.7 Å². The van der Waals surface area contributed by atoms with Crippen LogP contribution in [-0.2, 0) is 4.79 Å². The molecule has 0 unspecified atom stereocenters. The lowest BCUT2D eigenvalue weighted by atomic mass is 10.1. The van der Waals surface area contributed by atoms with Gasteiger partial charge in [-0.3, -0.25) is 9.59 Å². The van der Waals surface area contributed by atoms with Gasteiger partial charge in [0.2, 0.25) is 12.7 Å². The largest absolute Gasteiger partial charge is 0.454 e. The summed E-state index contributed by atoms with van der Waals surface area (Å²) >= 11 is 1.46. The molecule has 0 saturated carbocycles. The SMILES string of the molecule is CC(=O)c1cc2c(cc1NC(=O)CSc1ccccc1C)OCO2. The maximum absolute atomic E-state index is 12.3. The Morgan fingerprint density at radius 1 is 1.17 bits per heavy atom. The minimum absolute atomic E-state index is 0.118. The van der Waals surface area contributed by atoms with Crippen molar-refractivity contribution in [3.05, 3.63) is 47.5 Å². The summed E-state index contributed by atoms with van der Waals surface area (Å²) in [6.07, 6.45) is 0. The van der Waals surface area contributed by atoms with Gasteiger partial charge in [0.05, 0.1) is 11.4 Å². The Morgan fingerprint density at radius 2 is 1.88 bits per heavy atom. The lowest BCUT2D eigenvalue weighted by Gasteiger charge is -2.11. The summed E-state index contributed by atoms with van der Waals surface area (Å²) in [5.41, 5.74) is 1.98. The van der Waals surface area contributed by atoms with Gasteiger partial charge in [-0.25, -0.2) is 0 Å². The van der Waals surface area contributed by atoms with Gasteiger partial charge in [0.1, 0.15) is 0 Å². The number of ether oxygens (including phenoxy) is 2. The molecule has 1 heterocycles. The van der Waals surface area contributed by atoms with Crippen molar-refractivity contribution in [1.82, 2.24) is 0 Å². The normalized spacial score (nSPS) is 12.1. The van der Waals surface area contributed by atoms with Crippen molar-refractivity contribution < 1.29 is 19.1 Å². The molecule has 24 heavy (non-hydrogen) atoms. The molecule has 1 aliphatic heterocycles. The third-order valence-corrected chi connectivity index (χ3v) is 4.79. The molecule has 124 valence electrons. The first kappa shape index (κ1) is 16.4. The molecule has 5 nitrogen and oxygen atoms in total. The fourth-order valence-electron chi connectivity index (χ4n) is 2.38. The number of carbonyl (C=O) groups excluding carboxylic acids is 2. The quantitative estimate of drug-likeness (QED) is 0.663. The van der Waals surface area contributed by atoms with Crippen molar-refractivity contribution in [2.24, 2.45) is 0 Å². The Kier molecular flexibility index (Phi) is 4.76. The number of amides is 1. The molecule has 2 aromatic rings. The molecule has 2 aromatic carbocycles. The topological polar surface area (TPSA) is 64.6 Å². The van der Waals surface area contributed by atoms with E-state index in [4.69, 9.17) is 9.47 Å². The van der Waals surface area contributed by atoms with Gasteiger partial charge in [0.15, 0.2) is 17.3 Å². The summed E-state index contributed by atoms with van der Waals surface area (Å²) in [5, 5.41) is 2.80. The molecule has 0 radical (unpaired) electrons. The van der Waals surface area contributed by atoms with Crippen LogP contribution in [0.1, 0.15) is 22.8 Å². The van der Waals surface area contributed by atoms with E-state index < -0.39 is 0 Å². The van der Waals surface area contributed by atoms with Gasteiger partial charge < -0.3 is 14.8 Å². The summed E-state index contributed by atoms with van der Waals surface area (Å²) in [6, 6.07) is 11.1. The number of aryl methyl sites for hydroxylation is 1. The highest BCUT2D eigenvalue weighted by Crippen LogP contribution is 2.37. The molecular weight excluding hydrogens is 326 g/mol. The van der Waals surface area contributed by atoms with Crippen LogP contribution in [0.5, 0.6) is 11.5 Å². The minimum atomic E-state index is -0.176. The molecule has 0 spiro atoms. The van der Waals surface area contributed by atoms with Crippen LogP contribution >= 0.6 is 11.8 Å². The zero-order valence-electron chi connectivity index (χ0n) is 13.4. The van der Waals surface area contributed by atoms with E-state index in [0.717, 1.165) is 10.5 Å². The zero-order valence-corrected chi connectivity index (χ0v) is 14.2. The van der Waals surface area contributed by atoms with Crippen LogP contribution in [0, 0.1) is 6.92 Å². The number of carbonyl (C=O) groups is 2. The van der Waals surface area contributed by atoms with E-state index in [1.54, 1.807) is 12.1 Å². The molecule has 6 heteroatoms. The average molecular weight is 343 g/mol. The Morgan fingerprint density at radius 3 is 2.58 bits per heavy atom. The van der Waals surface area contributed by atoms with Crippen LogP contribution < -0.4 is 14.8 Å².